The second-order valence-corrected chi connectivity index (χ2v) is 7.62. The number of aliphatic hydroxyl groups excluding tert-OH is 1. The van der Waals surface area contributed by atoms with Crippen LogP contribution in [0, 0.1) is 5.92 Å². The molecule has 6 heteroatoms. The van der Waals surface area contributed by atoms with E-state index in [1.807, 2.05) is 6.92 Å². The fourth-order valence-electron chi connectivity index (χ4n) is 3.70. The molecule has 2 saturated heterocycles. The van der Waals surface area contributed by atoms with Gasteiger partial charge < -0.3 is 19.3 Å². The molecule has 1 aliphatic carbocycles. The topological polar surface area (TPSA) is 85.4 Å². The summed E-state index contributed by atoms with van der Waals surface area (Å²) in [5, 5.41) is 10.4. The van der Waals surface area contributed by atoms with Gasteiger partial charge in [0.2, 0.25) is 0 Å². The molecule has 0 aromatic carbocycles. The molecular formula is C20H26O6. The van der Waals surface area contributed by atoms with Crippen LogP contribution in [-0.4, -0.2) is 47.1 Å². The highest BCUT2D eigenvalue weighted by atomic mass is 16.6. The first kappa shape index (κ1) is 18.9. The fourth-order valence-corrected chi connectivity index (χ4v) is 3.70. The summed E-state index contributed by atoms with van der Waals surface area (Å²) in [7, 11) is 0. The van der Waals surface area contributed by atoms with Crippen molar-refractivity contribution in [1.82, 2.24) is 0 Å². The van der Waals surface area contributed by atoms with E-state index in [0.29, 0.717) is 24.0 Å². The van der Waals surface area contributed by atoms with Crippen molar-refractivity contribution >= 4 is 11.9 Å². The van der Waals surface area contributed by atoms with Crippen molar-refractivity contribution in [2.45, 2.75) is 70.6 Å². The Balaban J connectivity index is 1.98. The van der Waals surface area contributed by atoms with Crippen molar-refractivity contribution in [3.8, 4) is 0 Å². The fraction of sp³-hybridized carbons (Fsp3) is 0.600. The summed E-state index contributed by atoms with van der Waals surface area (Å²) >= 11 is 0. The molecule has 0 saturated carbocycles. The lowest BCUT2D eigenvalue weighted by atomic mass is 9.82. The normalized spacial score (nSPS) is 42.1. The number of epoxide rings is 1. The van der Waals surface area contributed by atoms with Gasteiger partial charge in [0.25, 0.3) is 0 Å². The molecule has 6 nitrogen and oxygen atoms in total. The van der Waals surface area contributed by atoms with Crippen LogP contribution in [0.25, 0.3) is 0 Å². The van der Waals surface area contributed by atoms with E-state index in [0.717, 1.165) is 0 Å². The third-order valence-electron chi connectivity index (χ3n) is 5.71. The summed E-state index contributed by atoms with van der Waals surface area (Å²) in [5.74, 6) is -1.43. The van der Waals surface area contributed by atoms with Gasteiger partial charge >= 0.3 is 11.9 Å². The van der Waals surface area contributed by atoms with Gasteiger partial charge in [0.1, 0.15) is 12.2 Å². The van der Waals surface area contributed by atoms with E-state index in [4.69, 9.17) is 14.2 Å². The number of allylic oxidation sites excluding steroid dienone is 1. The minimum atomic E-state index is -0.667. The summed E-state index contributed by atoms with van der Waals surface area (Å²) in [6.07, 6.45) is 2.29. The summed E-state index contributed by atoms with van der Waals surface area (Å²) in [6.45, 7) is 11.0. The van der Waals surface area contributed by atoms with Crippen molar-refractivity contribution in [1.29, 1.82) is 0 Å². The summed E-state index contributed by atoms with van der Waals surface area (Å²) in [4.78, 5) is 24.5. The Kier molecular flexibility index (Phi) is 4.84. The average Bonchev–Trinajstić information content (AvgIpc) is 3.11. The first-order chi connectivity index (χ1) is 12.2. The molecular weight excluding hydrogens is 336 g/mol. The molecule has 0 aromatic heterocycles. The Hall–Kier alpha value is -1.92. The quantitative estimate of drug-likeness (QED) is 0.351. The molecule has 0 radical (unpaired) electrons. The SMILES string of the molecule is C=C1C(=O)O[C@@H]2/C=C(/C)[C@@H](O)C[C@@H]3O[C@]3(C)C[C@H](OC(=O)/C(C)=C\C)[C@@H]12. The predicted molar refractivity (Wildman–Crippen MR) is 94.1 cm³/mol. The van der Waals surface area contributed by atoms with E-state index in [-0.39, 0.29) is 11.7 Å². The molecule has 0 aromatic rings. The molecule has 2 fully saturated rings. The largest absolute Gasteiger partial charge is 0.458 e. The molecule has 2 heterocycles. The van der Waals surface area contributed by atoms with E-state index in [1.165, 1.54) is 0 Å². The van der Waals surface area contributed by atoms with Crippen LogP contribution in [0.4, 0.5) is 0 Å². The number of carbonyl (C=O) groups is 2. The number of rotatable bonds is 2. The first-order valence-corrected chi connectivity index (χ1v) is 8.94. The zero-order chi connectivity index (χ0) is 19.2. The number of fused-ring (bicyclic) bond motifs is 2. The monoisotopic (exact) mass is 362 g/mol. The van der Waals surface area contributed by atoms with Crippen LogP contribution in [0.2, 0.25) is 0 Å². The molecule has 26 heavy (non-hydrogen) atoms. The number of esters is 2. The number of hydrogen-bond acceptors (Lipinski definition) is 6. The summed E-state index contributed by atoms with van der Waals surface area (Å²) in [5.41, 5.74) is 0.974. The van der Waals surface area contributed by atoms with Crippen molar-refractivity contribution in [2.75, 3.05) is 0 Å². The van der Waals surface area contributed by atoms with Crippen LogP contribution in [0.5, 0.6) is 0 Å². The molecule has 0 unspecified atom stereocenters. The predicted octanol–water partition coefficient (Wildman–Crippen LogP) is 2.22. The van der Waals surface area contributed by atoms with Gasteiger partial charge in [0.15, 0.2) is 0 Å². The van der Waals surface area contributed by atoms with Crippen molar-refractivity contribution in [2.24, 2.45) is 5.92 Å². The van der Waals surface area contributed by atoms with Gasteiger partial charge in [0.05, 0.1) is 23.7 Å². The third kappa shape index (κ3) is 3.35. The molecule has 0 spiro atoms. The highest BCUT2D eigenvalue weighted by molar-refractivity contribution is 5.92. The van der Waals surface area contributed by atoms with E-state index < -0.39 is 41.8 Å². The first-order valence-electron chi connectivity index (χ1n) is 8.94. The van der Waals surface area contributed by atoms with Crippen LogP contribution < -0.4 is 0 Å². The van der Waals surface area contributed by atoms with Crippen LogP contribution in [0.3, 0.4) is 0 Å². The number of hydrogen-bond donors (Lipinski definition) is 1. The molecule has 3 rings (SSSR count). The lowest BCUT2D eigenvalue weighted by molar-refractivity contribution is -0.148. The number of carbonyl (C=O) groups excluding carboxylic acids is 2. The van der Waals surface area contributed by atoms with Gasteiger partial charge in [-0.3, -0.25) is 0 Å². The van der Waals surface area contributed by atoms with E-state index >= 15 is 0 Å². The third-order valence-corrected chi connectivity index (χ3v) is 5.71. The van der Waals surface area contributed by atoms with Crippen molar-refractivity contribution < 1.29 is 28.9 Å². The highest BCUT2D eigenvalue weighted by Crippen LogP contribution is 2.47. The van der Waals surface area contributed by atoms with Crippen LogP contribution in [-0.2, 0) is 23.8 Å². The van der Waals surface area contributed by atoms with Gasteiger partial charge in [0, 0.05) is 24.0 Å². The molecule has 0 bridgehead atoms. The van der Waals surface area contributed by atoms with Crippen molar-refractivity contribution in [3.63, 3.8) is 0 Å². The molecule has 142 valence electrons. The summed E-state index contributed by atoms with van der Waals surface area (Å²) < 4.78 is 17.0. The standard InChI is InChI=1S/C20H26O6/c1-6-10(2)18(22)25-15-9-20(5)16(26-20)8-13(21)11(3)7-14-17(15)12(4)19(23)24-14/h6-7,13-17,21H,4,8-9H2,1-3,5H3/b10-6-,11-7-/t13-,14+,15-,16-,17-,20+/m0/s1. The second kappa shape index (κ2) is 6.67. The van der Waals surface area contributed by atoms with Gasteiger partial charge in [-0.05, 0) is 39.3 Å². The van der Waals surface area contributed by atoms with Crippen LogP contribution >= 0.6 is 0 Å². The zero-order valence-electron chi connectivity index (χ0n) is 15.7. The number of aliphatic hydroxyl groups is 1. The Labute approximate surface area is 153 Å². The van der Waals surface area contributed by atoms with Crippen molar-refractivity contribution in [3.05, 3.63) is 35.5 Å². The van der Waals surface area contributed by atoms with Gasteiger partial charge in [-0.15, -0.1) is 0 Å². The van der Waals surface area contributed by atoms with Gasteiger partial charge in [-0.25, -0.2) is 9.59 Å². The Bertz CT molecular complexity index is 705. The van der Waals surface area contributed by atoms with Gasteiger partial charge in [-0.1, -0.05) is 12.7 Å². The Morgan fingerprint density at radius 3 is 2.85 bits per heavy atom. The lowest BCUT2D eigenvalue weighted by Gasteiger charge is -2.29. The summed E-state index contributed by atoms with van der Waals surface area (Å²) in [6, 6.07) is 0. The number of ether oxygens (including phenoxy) is 3. The van der Waals surface area contributed by atoms with Crippen LogP contribution in [0.15, 0.2) is 35.5 Å². The minimum absolute atomic E-state index is 0.118. The van der Waals surface area contributed by atoms with Crippen LogP contribution in [0.1, 0.15) is 40.5 Å². The van der Waals surface area contributed by atoms with Gasteiger partial charge in [-0.2, -0.15) is 0 Å². The van der Waals surface area contributed by atoms with E-state index in [1.54, 1.807) is 32.9 Å². The molecule has 6 atom stereocenters. The maximum atomic E-state index is 12.4. The Morgan fingerprint density at radius 1 is 1.50 bits per heavy atom. The minimum Gasteiger partial charge on any atom is -0.458 e. The highest BCUT2D eigenvalue weighted by Gasteiger charge is 2.57. The smallest absolute Gasteiger partial charge is 0.334 e. The second-order valence-electron chi connectivity index (χ2n) is 7.62. The van der Waals surface area contributed by atoms with E-state index in [9.17, 15) is 14.7 Å². The molecule has 3 aliphatic rings. The molecule has 2 aliphatic heterocycles. The maximum Gasteiger partial charge on any atom is 0.334 e. The molecule has 1 N–H and O–H groups in total. The average molecular weight is 362 g/mol. The molecule has 0 amide bonds. The lowest BCUT2D eigenvalue weighted by Crippen LogP contribution is -2.37. The maximum absolute atomic E-state index is 12.4. The van der Waals surface area contributed by atoms with E-state index in [2.05, 4.69) is 6.58 Å². The zero-order valence-corrected chi connectivity index (χ0v) is 15.7. The Morgan fingerprint density at radius 2 is 2.19 bits per heavy atom.